The molecule has 4 atom stereocenters. The molecular formula is C15H24O. The van der Waals surface area contributed by atoms with E-state index in [9.17, 15) is 5.11 Å². The number of rotatable bonds is 1. The average molecular weight is 220 g/mol. The van der Waals surface area contributed by atoms with Crippen molar-refractivity contribution in [3.05, 3.63) is 11.1 Å². The highest BCUT2D eigenvalue weighted by atomic mass is 16.3. The Hall–Kier alpha value is -0.300. The van der Waals surface area contributed by atoms with Crippen LogP contribution in [0.4, 0.5) is 0 Å². The van der Waals surface area contributed by atoms with E-state index in [-0.39, 0.29) is 5.41 Å². The first-order valence-electron chi connectivity index (χ1n) is 6.78. The highest BCUT2D eigenvalue weighted by molar-refractivity contribution is 5.33. The minimum absolute atomic E-state index is 0.212. The molecule has 0 saturated heterocycles. The summed E-state index contributed by atoms with van der Waals surface area (Å²) in [5.41, 5.74) is 4.18. The van der Waals surface area contributed by atoms with E-state index < -0.39 is 0 Å². The van der Waals surface area contributed by atoms with Crippen LogP contribution in [0.1, 0.15) is 52.9 Å². The topological polar surface area (TPSA) is 20.2 Å². The van der Waals surface area contributed by atoms with E-state index in [1.165, 1.54) is 32.1 Å². The van der Waals surface area contributed by atoms with E-state index in [2.05, 4.69) is 20.8 Å². The van der Waals surface area contributed by atoms with Crippen molar-refractivity contribution in [1.29, 1.82) is 0 Å². The van der Waals surface area contributed by atoms with Crippen LogP contribution in [-0.4, -0.2) is 11.7 Å². The highest BCUT2D eigenvalue weighted by Crippen LogP contribution is 2.66. The van der Waals surface area contributed by atoms with Gasteiger partial charge in [0.05, 0.1) is 0 Å². The van der Waals surface area contributed by atoms with Gasteiger partial charge in [0.1, 0.15) is 0 Å². The summed E-state index contributed by atoms with van der Waals surface area (Å²) in [5, 5.41) is 9.58. The average Bonchev–Trinajstić information content (AvgIpc) is 2.53. The molecule has 1 heteroatoms. The molecule has 1 nitrogen and oxygen atoms in total. The molecule has 3 aliphatic carbocycles. The fourth-order valence-electron chi connectivity index (χ4n) is 4.92. The number of hydrogen-bond donors (Lipinski definition) is 1. The maximum absolute atomic E-state index is 9.58. The van der Waals surface area contributed by atoms with Crippen LogP contribution in [0.5, 0.6) is 0 Å². The van der Waals surface area contributed by atoms with Gasteiger partial charge in [-0.1, -0.05) is 25.0 Å². The summed E-state index contributed by atoms with van der Waals surface area (Å²) in [5.74, 6) is 1.71. The lowest BCUT2D eigenvalue weighted by Crippen LogP contribution is -2.43. The molecule has 1 N–H and O–H groups in total. The molecule has 2 saturated carbocycles. The van der Waals surface area contributed by atoms with Crippen LogP contribution in [0.2, 0.25) is 0 Å². The van der Waals surface area contributed by atoms with Crippen LogP contribution in [0, 0.1) is 22.7 Å². The molecule has 0 amide bonds. The standard InChI is InChI=1S/C15H24O/c1-10-6-11-7-14(2,9-16)8-13(11)15(3)5-4-12(10)15/h11,13,16H,4-9H2,1-3H3. The molecule has 0 bridgehead atoms. The van der Waals surface area contributed by atoms with Gasteiger partial charge >= 0.3 is 0 Å². The van der Waals surface area contributed by atoms with Gasteiger partial charge in [-0.3, -0.25) is 0 Å². The lowest BCUT2D eigenvalue weighted by atomic mass is 9.51. The summed E-state index contributed by atoms with van der Waals surface area (Å²) in [6, 6.07) is 0. The molecule has 90 valence electrons. The van der Waals surface area contributed by atoms with Crippen molar-refractivity contribution < 1.29 is 5.11 Å². The van der Waals surface area contributed by atoms with Crippen molar-refractivity contribution in [2.24, 2.45) is 22.7 Å². The van der Waals surface area contributed by atoms with Gasteiger partial charge in [-0.05, 0) is 61.7 Å². The molecule has 3 rings (SSSR count). The number of fused-ring (bicyclic) bond motifs is 3. The van der Waals surface area contributed by atoms with Crippen molar-refractivity contribution in [2.45, 2.75) is 52.9 Å². The fourth-order valence-corrected chi connectivity index (χ4v) is 4.92. The molecule has 0 aromatic carbocycles. The number of aliphatic hydroxyl groups excluding tert-OH is 1. The SMILES string of the molecule is CC1=C2CCC2(C)C2CC(C)(CO)CC2C1. The zero-order valence-electron chi connectivity index (χ0n) is 10.8. The molecule has 0 aromatic rings. The van der Waals surface area contributed by atoms with Crippen molar-refractivity contribution >= 4 is 0 Å². The summed E-state index contributed by atoms with van der Waals surface area (Å²) in [6.07, 6.45) is 6.55. The Morgan fingerprint density at radius 2 is 2.06 bits per heavy atom. The van der Waals surface area contributed by atoms with Gasteiger partial charge in [0.25, 0.3) is 0 Å². The van der Waals surface area contributed by atoms with Crippen molar-refractivity contribution in [1.82, 2.24) is 0 Å². The normalized spacial score (nSPS) is 51.0. The summed E-state index contributed by atoms with van der Waals surface area (Å²) < 4.78 is 0. The first-order valence-corrected chi connectivity index (χ1v) is 6.78. The lowest BCUT2D eigenvalue weighted by molar-refractivity contribution is 0.0873. The second kappa shape index (κ2) is 3.13. The summed E-state index contributed by atoms with van der Waals surface area (Å²) in [7, 11) is 0. The maximum Gasteiger partial charge on any atom is 0.0484 e. The summed E-state index contributed by atoms with van der Waals surface area (Å²) in [6.45, 7) is 7.49. The van der Waals surface area contributed by atoms with Gasteiger partial charge in [0.15, 0.2) is 0 Å². The van der Waals surface area contributed by atoms with Crippen LogP contribution < -0.4 is 0 Å². The largest absolute Gasteiger partial charge is 0.396 e. The van der Waals surface area contributed by atoms with Crippen LogP contribution >= 0.6 is 0 Å². The maximum atomic E-state index is 9.58. The monoisotopic (exact) mass is 220 g/mol. The van der Waals surface area contributed by atoms with Gasteiger partial charge in [0, 0.05) is 6.61 Å². The third kappa shape index (κ3) is 1.21. The first-order chi connectivity index (χ1) is 7.48. The Morgan fingerprint density at radius 3 is 2.62 bits per heavy atom. The van der Waals surface area contributed by atoms with Gasteiger partial charge in [-0.25, -0.2) is 0 Å². The molecule has 0 aromatic heterocycles. The third-order valence-electron chi connectivity index (χ3n) is 5.90. The minimum Gasteiger partial charge on any atom is -0.396 e. The van der Waals surface area contributed by atoms with Crippen molar-refractivity contribution in [2.75, 3.05) is 6.61 Å². The van der Waals surface area contributed by atoms with E-state index >= 15 is 0 Å². The molecule has 0 radical (unpaired) electrons. The first kappa shape index (κ1) is 10.8. The zero-order chi connectivity index (χ0) is 11.6. The van der Waals surface area contributed by atoms with Crippen LogP contribution in [0.3, 0.4) is 0 Å². The molecule has 16 heavy (non-hydrogen) atoms. The molecular weight excluding hydrogens is 196 g/mol. The van der Waals surface area contributed by atoms with E-state index in [1.807, 2.05) is 0 Å². The predicted octanol–water partition coefficient (Wildman–Crippen LogP) is 3.53. The highest BCUT2D eigenvalue weighted by Gasteiger charge is 2.56. The molecule has 3 aliphatic rings. The van der Waals surface area contributed by atoms with Crippen LogP contribution in [-0.2, 0) is 0 Å². The Labute approximate surface area is 98.9 Å². The predicted molar refractivity (Wildman–Crippen MR) is 66.1 cm³/mol. The Bertz CT molecular complexity index is 356. The van der Waals surface area contributed by atoms with E-state index in [1.54, 1.807) is 11.1 Å². The van der Waals surface area contributed by atoms with Crippen LogP contribution in [0.25, 0.3) is 0 Å². The van der Waals surface area contributed by atoms with E-state index in [4.69, 9.17) is 0 Å². The molecule has 0 aliphatic heterocycles. The second-order valence-electron chi connectivity index (χ2n) is 7.12. The van der Waals surface area contributed by atoms with Crippen molar-refractivity contribution in [3.8, 4) is 0 Å². The van der Waals surface area contributed by atoms with Gasteiger partial charge < -0.3 is 5.11 Å². The molecule has 2 fully saturated rings. The number of hydrogen-bond acceptors (Lipinski definition) is 1. The van der Waals surface area contributed by atoms with Gasteiger partial charge in [-0.15, -0.1) is 0 Å². The summed E-state index contributed by atoms with van der Waals surface area (Å²) >= 11 is 0. The van der Waals surface area contributed by atoms with E-state index in [0.717, 1.165) is 11.8 Å². The Kier molecular flexibility index (Phi) is 2.12. The molecule has 0 spiro atoms. The Balaban J connectivity index is 1.93. The smallest absolute Gasteiger partial charge is 0.0484 e. The third-order valence-corrected chi connectivity index (χ3v) is 5.90. The van der Waals surface area contributed by atoms with E-state index in [0.29, 0.717) is 12.0 Å². The molecule has 0 heterocycles. The quantitative estimate of drug-likeness (QED) is 0.670. The summed E-state index contributed by atoms with van der Waals surface area (Å²) in [4.78, 5) is 0. The zero-order valence-corrected chi connectivity index (χ0v) is 10.8. The van der Waals surface area contributed by atoms with Crippen molar-refractivity contribution in [3.63, 3.8) is 0 Å². The van der Waals surface area contributed by atoms with Gasteiger partial charge in [0.2, 0.25) is 0 Å². The molecule has 4 unspecified atom stereocenters. The second-order valence-corrected chi connectivity index (χ2v) is 7.12. The van der Waals surface area contributed by atoms with Crippen LogP contribution in [0.15, 0.2) is 11.1 Å². The Morgan fingerprint density at radius 1 is 1.31 bits per heavy atom. The minimum atomic E-state index is 0.212. The lowest BCUT2D eigenvalue weighted by Gasteiger charge is -2.53. The fraction of sp³-hybridized carbons (Fsp3) is 0.867. The number of allylic oxidation sites excluding steroid dienone is 2. The van der Waals surface area contributed by atoms with Gasteiger partial charge in [-0.2, -0.15) is 0 Å². The number of aliphatic hydroxyl groups is 1.